The van der Waals surface area contributed by atoms with Gasteiger partial charge in [0, 0.05) is 18.6 Å². The van der Waals surface area contributed by atoms with E-state index in [1.54, 1.807) is 0 Å². The molecule has 19 heavy (non-hydrogen) atoms. The third kappa shape index (κ3) is 10.6. The third-order valence-corrected chi connectivity index (χ3v) is 2.82. The minimum absolute atomic E-state index is 0.0847. The zero-order valence-electron chi connectivity index (χ0n) is 11.8. The van der Waals surface area contributed by atoms with E-state index in [1.807, 2.05) is 26.0 Å². The lowest BCUT2D eigenvalue weighted by molar-refractivity contribution is -0.157. The molecular formula is C14H24O4S. The van der Waals surface area contributed by atoms with Crippen LogP contribution in [0.2, 0.25) is 0 Å². The summed E-state index contributed by atoms with van der Waals surface area (Å²) < 4.78 is 10.2. The molecule has 0 saturated heterocycles. The molecule has 0 N–H and O–H groups in total. The highest BCUT2D eigenvalue weighted by Crippen LogP contribution is 2.04. The second-order valence-electron chi connectivity index (χ2n) is 4.19. The molecule has 0 spiro atoms. The number of ether oxygens (including phenoxy) is 2. The van der Waals surface area contributed by atoms with Gasteiger partial charge in [0.25, 0.3) is 0 Å². The number of unbranched alkanes of at least 4 members (excludes halogenated alkanes) is 1. The normalized spacial score (nSPS) is 12.4. The second-order valence-corrected chi connectivity index (χ2v) is 4.55. The Kier molecular flexibility index (Phi) is 11.5. The van der Waals surface area contributed by atoms with E-state index in [2.05, 4.69) is 12.6 Å². The molecule has 0 unspecified atom stereocenters. The fourth-order valence-electron chi connectivity index (χ4n) is 1.32. The van der Waals surface area contributed by atoms with Crippen LogP contribution in [0, 0.1) is 0 Å². The first-order chi connectivity index (χ1) is 9.13. The third-order valence-electron chi connectivity index (χ3n) is 2.42. The lowest BCUT2D eigenvalue weighted by Gasteiger charge is -2.15. The van der Waals surface area contributed by atoms with Gasteiger partial charge in [-0.05, 0) is 19.8 Å². The minimum Gasteiger partial charge on any atom is -0.462 e. The zero-order chi connectivity index (χ0) is 14.5. The molecule has 110 valence electrons. The average molecular weight is 288 g/mol. The summed E-state index contributed by atoms with van der Waals surface area (Å²) in [6.45, 7) is 4.00. The van der Waals surface area contributed by atoms with Crippen molar-refractivity contribution in [3.63, 3.8) is 0 Å². The smallest absolute Gasteiger partial charge is 0.306 e. The molecule has 4 nitrogen and oxygen atoms in total. The SMILES string of the molecule is C/C=C/CCC(=O)O[C@@H](CS)COC(=O)CCCC. The van der Waals surface area contributed by atoms with E-state index < -0.39 is 6.10 Å². The Morgan fingerprint density at radius 1 is 1.26 bits per heavy atom. The first-order valence-corrected chi connectivity index (χ1v) is 7.34. The van der Waals surface area contributed by atoms with E-state index in [9.17, 15) is 9.59 Å². The summed E-state index contributed by atoms with van der Waals surface area (Å²) in [5.41, 5.74) is 0. The number of carbonyl (C=O) groups excluding carboxylic acids is 2. The summed E-state index contributed by atoms with van der Waals surface area (Å²) in [6.07, 6.45) is 6.49. The summed E-state index contributed by atoms with van der Waals surface area (Å²) in [4.78, 5) is 22.8. The number of esters is 2. The summed E-state index contributed by atoms with van der Waals surface area (Å²) in [5, 5.41) is 0. The van der Waals surface area contributed by atoms with Crippen LogP contribution in [-0.4, -0.2) is 30.4 Å². The van der Waals surface area contributed by atoms with Crippen molar-refractivity contribution in [2.45, 2.75) is 52.1 Å². The first kappa shape index (κ1) is 18.0. The number of carbonyl (C=O) groups is 2. The quantitative estimate of drug-likeness (QED) is 0.381. The van der Waals surface area contributed by atoms with E-state index in [0.717, 1.165) is 12.8 Å². The molecule has 0 fully saturated rings. The van der Waals surface area contributed by atoms with Crippen LogP contribution in [-0.2, 0) is 19.1 Å². The molecule has 0 radical (unpaired) electrons. The molecule has 0 aromatic rings. The van der Waals surface area contributed by atoms with Gasteiger partial charge in [0.1, 0.15) is 12.7 Å². The Balaban J connectivity index is 3.87. The van der Waals surface area contributed by atoms with Crippen molar-refractivity contribution < 1.29 is 19.1 Å². The molecule has 0 aromatic heterocycles. The number of hydrogen-bond donors (Lipinski definition) is 1. The highest BCUT2D eigenvalue weighted by Gasteiger charge is 2.14. The van der Waals surface area contributed by atoms with Crippen LogP contribution in [0.1, 0.15) is 46.0 Å². The molecule has 1 atom stereocenters. The van der Waals surface area contributed by atoms with Gasteiger partial charge >= 0.3 is 11.9 Å². The molecule has 0 aliphatic carbocycles. The van der Waals surface area contributed by atoms with Crippen molar-refractivity contribution in [3.05, 3.63) is 12.2 Å². The fraction of sp³-hybridized carbons (Fsp3) is 0.714. The lowest BCUT2D eigenvalue weighted by atomic mass is 10.2. The number of rotatable bonds is 10. The summed E-state index contributed by atoms with van der Waals surface area (Å²) in [6, 6.07) is 0. The molecular weight excluding hydrogens is 264 g/mol. The van der Waals surface area contributed by atoms with Gasteiger partial charge in [-0.15, -0.1) is 0 Å². The van der Waals surface area contributed by atoms with E-state index in [-0.39, 0.29) is 18.5 Å². The van der Waals surface area contributed by atoms with Crippen LogP contribution in [0.3, 0.4) is 0 Å². The summed E-state index contributed by atoms with van der Waals surface area (Å²) in [7, 11) is 0. The molecule has 0 saturated carbocycles. The molecule has 0 rings (SSSR count). The molecule has 0 aliphatic heterocycles. The van der Waals surface area contributed by atoms with Crippen LogP contribution < -0.4 is 0 Å². The van der Waals surface area contributed by atoms with Gasteiger partial charge < -0.3 is 9.47 Å². The maximum atomic E-state index is 11.5. The van der Waals surface area contributed by atoms with E-state index in [0.29, 0.717) is 25.0 Å². The largest absolute Gasteiger partial charge is 0.462 e. The van der Waals surface area contributed by atoms with Gasteiger partial charge in [0.2, 0.25) is 0 Å². The predicted molar refractivity (Wildman–Crippen MR) is 78.3 cm³/mol. The average Bonchev–Trinajstić information content (AvgIpc) is 2.41. The van der Waals surface area contributed by atoms with E-state index >= 15 is 0 Å². The van der Waals surface area contributed by atoms with Crippen molar-refractivity contribution >= 4 is 24.6 Å². The van der Waals surface area contributed by atoms with Crippen molar-refractivity contribution in [1.82, 2.24) is 0 Å². The zero-order valence-corrected chi connectivity index (χ0v) is 12.7. The maximum Gasteiger partial charge on any atom is 0.306 e. The van der Waals surface area contributed by atoms with Gasteiger partial charge in [0.05, 0.1) is 0 Å². The van der Waals surface area contributed by atoms with E-state index in [1.165, 1.54) is 0 Å². The van der Waals surface area contributed by atoms with Crippen LogP contribution in [0.4, 0.5) is 0 Å². The molecule has 0 heterocycles. The highest BCUT2D eigenvalue weighted by molar-refractivity contribution is 7.80. The molecule has 0 aromatic carbocycles. The van der Waals surface area contributed by atoms with Crippen molar-refractivity contribution in [1.29, 1.82) is 0 Å². The predicted octanol–water partition coefficient (Wildman–Crippen LogP) is 2.92. The Morgan fingerprint density at radius 3 is 2.58 bits per heavy atom. The first-order valence-electron chi connectivity index (χ1n) is 6.71. The molecule has 5 heteroatoms. The van der Waals surface area contributed by atoms with Gasteiger partial charge in [0.15, 0.2) is 0 Å². The standard InChI is InChI=1S/C14H24O4S/c1-3-5-7-9-14(16)18-12(11-19)10-17-13(15)8-6-4-2/h3,5,12,19H,4,6-11H2,1-2H3/b5-3+/t12-/m1/s1. The second kappa shape index (κ2) is 12.1. The molecule has 0 amide bonds. The Morgan fingerprint density at radius 2 is 2.00 bits per heavy atom. The summed E-state index contributed by atoms with van der Waals surface area (Å²) >= 11 is 4.09. The summed E-state index contributed by atoms with van der Waals surface area (Å²) in [5.74, 6) is -0.198. The van der Waals surface area contributed by atoms with Crippen LogP contribution in [0.5, 0.6) is 0 Å². The minimum atomic E-state index is -0.466. The Labute approximate surface area is 120 Å². The van der Waals surface area contributed by atoms with Gasteiger partial charge in [-0.25, -0.2) is 0 Å². The monoisotopic (exact) mass is 288 g/mol. The van der Waals surface area contributed by atoms with Crippen LogP contribution in [0.25, 0.3) is 0 Å². The van der Waals surface area contributed by atoms with Gasteiger partial charge in [-0.1, -0.05) is 25.5 Å². The van der Waals surface area contributed by atoms with Crippen LogP contribution >= 0.6 is 12.6 Å². The van der Waals surface area contributed by atoms with Crippen LogP contribution in [0.15, 0.2) is 12.2 Å². The number of allylic oxidation sites excluding steroid dienone is 2. The van der Waals surface area contributed by atoms with Gasteiger partial charge in [-0.2, -0.15) is 12.6 Å². The number of thiol groups is 1. The van der Waals surface area contributed by atoms with Crippen molar-refractivity contribution in [2.75, 3.05) is 12.4 Å². The van der Waals surface area contributed by atoms with Crippen molar-refractivity contribution in [3.8, 4) is 0 Å². The topological polar surface area (TPSA) is 52.6 Å². The number of hydrogen-bond acceptors (Lipinski definition) is 5. The molecule has 0 bridgehead atoms. The van der Waals surface area contributed by atoms with Crippen molar-refractivity contribution in [2.24, 2.45) is 0 Å². The molecule has 0 aliphatic rings. The lowest BCUT2D eigenvalue weighted by Crippen LogP contribution is -2.26. The van der Waals surface area contributed by atoms with E-state index in [4.69, 9.17) is 9.47 Å². The fourth-order valence-corrected chi connectivity index (χ4v) is 1.50. The highest BCUT2D eigenvalue weighted by atomic mass is 32.1. The Bertz CT molecular complexity index is 289. The Hall–Kier alpha value is -0.970. The van der Waals surface area contributed by atoms with Gasteiger partial charge in [-0.3, -0.25) is 9.59 Å². The maximum absolute atomic E-state index is 11.5.